The first kappa shape index (κ1) is 17.8. The SMILES string of the molecule is CCCC(=CC1=C(OC)C(=O)c2ccccc2C1=O)C(=O)COC. The fourth-order valence-electron chi connectivity index (χ4n) is 2.67. The maximum atomic E-state index is 12.8. The number of Topliss-reactive ketones (excluding diaryl/α,β-unsaturated/α-hetero) is 3. The average Bonchev–Trinajstić information content (AvgIpc) is 2.59. The van der Waals surface area contributed by atoms with Crippen molar-refractivity contribution in [2.75, 3.05) is 20.8 Å². The number of rotatable bonds is 7. The summed E-state index contributed by atoms with van der Waals surface area (Å²) in [7, 11) is 2.78. The molecule has 0 amide bonds. The van der Waals surface area contributed by atoms with Crippen molar-refractivity contribution in [3.05, 3.63) is 58.4 Å². The van der Waals surface area contributed by atoms with Crippen LogP contribution in [0.1, 0.15) is 40.5 Å². The molecule has 1 aliphatic carbocycles. The van der Waals surface area contributed by atoms with Crippen LogP contribution in [-0.4, -0.2) is 38.2 Å². The second-order valence-corrected chi connectivity index (χ2v) is 5.43. The highest BCUT2D eigenvalue weighted by Crippen LogP contribution is 2.28. The number of benzene rings is 1. The molecule has 0 saturated carbocycles. The standard InChI is InChI=1S/C19H20O5/c1-4-7-12(16(20)11-23-2)10-15-17(21)13-8-5-6-9-14(13)18(22)19(15)24-3/h5-6,8-10H,4,7,11H2,1-3H3. The van der Waals surface area contributed by atoms with Crippen LogP contribution in [0.15, 0.2) is 47.2 Å². The highest BCUT2D eigenvalue weighted by Gasteiger charge is 2.32. The molecule has 5 nitrogen and oxygen atoms in total. The minimum absolute atomic E-state index is 0.0301. The van der Waals surface area contributed by atoms with Gasteiger partial charge in [0.15, 0.2) is 17.3 Å². The molecular formula is C19H20O5. The highest BCUT2D eigenvalue weighted by molar-refractivity contribution is 6.27. The van der Waals surface area contributed by atoms with E-state index >= 15 is 0 Å². The van der Waals surface area contributed by atoms with Gasteiger partial charge in [0.25, 0.3) is 0 Å². The average molecular weight is 328 g/mol. The molecule has 0 bridgehead atoms. The van der Waals surface area contributed by atoms with Gasteiger partial charge in [-0.1, -0.05) is 37.6 Å². The Morgan fingerprint density at radius 1 is 1.08 bits per heavy atom. The van der Waals surface area contributed by atoms with Crippen LogP contribution in [0.3, 0.4) is 0 Å². The molecule has 0 aromatic heterocycles. The lowest BCUT2D eigenvalue weighted by Gasteiger charge is -2.18. The Morgan fingerprint density at radius 3 is 2.25 bits per heavy atom. The molecule has 1 aromatic rings. The Balaban J connectivity index is 2.57. The van der Waals surface area contributed by atoms with Crippen LogP contribution in [0.4, 0.5) is 0 Å². The van der Waals surface area contributed by atoms with Gasteiger partial charge in [-0.15, -0.1) is 0 Å². The van der Waals surface area contributed by atoms with E-state index in [1.807, 2.05) is 6.92 Å². The molecule has 0 atom stereocenters. The molecule has 0 aliphatic heterocycles. The third-order valence-electron chi connectivity index (χ3n) is 3.79. The van der Waals surface area contributed by atoms with Gasteiger partial charge in [0, 0.05) is 18.2 Å². The fourth-order valence-corrected chi connectivity index (χ4v) is 2.67. The number of carbonyl (C=O) groups is 3. The molecular weight excluding hydrogens is 308 g/mol. The van der Waals surface area contributed by atoms with Crippen molar-refractivity contribution < 1.29 is 23.9 Å². The van der Waals surface area contributed by atoms with E-state index in [4.69, 9.17) is 9.47 Å². The molecule has 24 heavy (non-hydrogen) atoms. The van der Waals surface area contributed by atoms with Crippen LogP contribution in [0, 0.1) is 0 Å². The van der Waals surface area contributed by atoms with Crippen molar-refractivity contribution in [3.8, 4) is 0 Å². The molecule has 0 radical (unpaired) electrons. The van der Waals surface area contributed by atoms with E-state index in [0.717, 1.165) is 6.42 Å². The maximum absolute atomic E-state index is 12.8. The number of carbonyl (C=O) groups excluding carboxylic acids is 3. The molecule has 0 unspecified atom stereocenters. The van der Waals surface area contributed by atoms with Gasteiger partial charge in [-0.3, -0.25) is 14.4 Å². The number of methoxy groups -OCH3 is 2. The number of fused-ring (bicyclic) bond motifs is 1. The summed E-state index contributed by atoms with van der Waals surface area (Å²) in [4.78, 5) is 37.5. The van der Waals surface area contributed by atoms with Crippen molar-refractivity contribution in [2.24, 2.45) is 0 Å². The number of allylic oxidation sites excluding steroid dienone is 3. The molecule has 0 spiro atoms. The summed E-state index contributed by atoms with van der Waals surface area (Å²) in [6, 6.07) is 6.60. The Labute approximate surface area is 141 Å². The predicted molar refractivity (Wildman–Crippen MR) is 89.0 cm³/mol. The zero-order valence-electron chi connectivity index (χ0n) is 14.0. The molecule has 1 aliphatic rings. The highest BCUT2D eigenvalue weighted by atomic mass is 16.5. The van der Waals surface area contributed by atoms with Crippen LogP contribution in [0.25, 0.3) is 0 Å². The van der Waals surface area contributed by atoms with Gasteiger partial charge in [-0.05, 0) is 18.1 Å². The number of hydrogen-bond donors (Lipinski definition) is 0. The van der Waals surface area contributed by atoms with Gasteiger partial charge >= 0.3 is 0 Å². The van der Waals surface area contributed by atoms with Crippen molar-refractivity contribution in [3.63, 3.8) is 0 Å². The maximum Gasteiger partial charge on any atom is 0.229 e. The Morgan fingerprint density at radius 2 is 1.71 bits per heavy atom. The smallest absolute Gasteiger partial charge is 0.229 e. The first-order valence-corrected chi connectivity index (χ1v) is 7.74. The number of ketones is 3. The minimum Gasteiger partial charge on any atom is -0.492 e. The van der Waals surface area contributed by atoms with Crippen LogP contribution in [-0.2, 0) is 14.3 Å². The van der Waals surface area contributed by atoms with Crippen LogP contribution < -0.4 is 0 Å². The largest absolute Gasteiger partial charge is 0.492 e. The van der Waals surface area contributed by atoms with Crippen molar-refractivity contribution in [1.82, 2.24) is 0 Å². The first-order valence-electron chi connectivity index (χ1n) is 7.74. The molecule has 126 valence electrons. The Bertz CT molecular complexity index is 740. The number of ether oxygens (including phenoxy) is 2. The Kier molecular flexibility index (Phi) is 5.82. The summed E-state index contributed by atoms with van der Waals surface area (Å²) in [5.74, 6) is -0.909. The second kappa shape index (κ2) is 7.84. The van der Waals surface area contributed by atoms with Crippen molar-refractivity contribution >= 4 is 17.3 Å². The molecule has 1 aromatic carbocycles. The van der Waals surface area contributed by atoms with Gasteiger partial charge < -0.3 is 9.47 Å². The van der Waals surface area contributed by atoms with Gasteiger partial charge in [0.05, 0.1) is 12.7 Å². The number of hydrogen-bond acceptors (Lipinski definition) is 5. The summed E-state index contributed by atoms with van der Waals surface area (Å²) >= 11 is 0. The lowest BCUT2D eigenvalue weighted by molar-refractivity contribution is -0.119. The van der Waals surface area contributed by atoms with E-state index in [1.165, 1.54) is 20.3 Å². The van der Waals surface area contributed by atoms with Gasteiger partial charge in [0.2, 0.25) is 5.78 Å². The van der Waals surface area contributed by atoms with E-state index in [-0.39, 0.29) is 35.3 Å². The summed E-state index contributed by atoms with van der Waals surface area (Å²) in [6.07, 6.45) is 2.70. The zero-order valence-corrected chi connectivity index (χ0v) is 14.0. The molecule has 0 heterocycles. The molecule has 0 N–H and O–H groups in total. The Hall–Kier alpha value is -2.53. The summed E-state index contributed by atoms with van der Waals surface area (Å²) in [5.41, 5.74) is 1.21. The lowest BCUT2D eigenvalue weighted by Crippen LogP contribution is -2.23. The van der Waals surface area contributed by atoms with Crippen LogP contribution >= 0.6 is 0 Å². The third kappa shape index (κ3) is 3.36. The summed E-state index contributed by atoms with van der Waals surface area (Å²) in [6.45, 7) is 1.86. The molecule has 0 saturated heterocycles. The normalized spacial score (nSPS) is 14.7. The van der Waals surface area contributed by atoms with Gasteiger partial charge in [0.1, 0.15) is 6.61 Å². The minimum atomic E-state index is -0.353. The van der Waals surface area contributed by atoms with E-state index in [2.05, 4.69) is 0 Å². The molecule has 5 heteroatoms. The summed E-state index contributed by atoms with van der Waals surface area (Å²) < 4.78 is 10.1. The monoisotopic (exact) mass is 328 g/mol. The first-order chi connectivity index (χ1) is 11.5. The van der Waals surface area contributed by atoms with Crippen molar-refractivity contribution in [1.29, 1.82) is 0 Å². The zero-order chi connectivity index (χ0) is 17.7. The van der Waals surface area contributed by atoms with E-state index in [1.54, 1.807) is 24.3 Å². The van der Waals surface area contributed by atoms with E-state index in [0.29, 0.717) is 23.1 Å². The van der Waals surface area contributed by atoms with E-state index < -0.39 is 0 Å². The quantitative estimate of drug-likeness (QED) is 0.720. The van der Waals surface area contributed by atoms with Crippen molar-refractivity contribution in [2.45, 2.75) is 19.8 Å². The predicted octanol–water partition coefficient (Wildman–Crippen LogP) is 2.91. The fraction of sp³-hybridized carbons (Fsp3) is 0.316. The van der Waals surface area contributed by atoms with E-state index in [9.17, 15) is 14.4 Å². The molecule has 0 fully saturated rings. The van der Waals surface area contributed by atoms with Gasteiger partial charge in [-0.25, -0.2) is 0 Å². The molecule has 2 rings (SSSR count). The van der Waals surface area contributed by atoms with Gasteiger partial charge in [-0.2, -0.15) is 0 Å². The third-order valence-corrected chi connectivity index (χ3v) is 3.79. The lowest BCUT2D eigenvalue weighted by atomic mass is 9.86. The van der Waals surface area contributed by atoms with Crippen LogP contribution in [0.2, 0.25) is 0 Å². The van der Waals surface area contributed by atoms with Crippen LogP contribution in [0.5, 0.6) is 0 Å². The second-order valence-electron chi connectivity index (χ2n) is 5.43. The topological polar surface area (TPSA) is 69.7 Å². The summed E-state index contributed by atoms with van der Waals surface area (Å²) in [5, 5.41) is 0.